The maximum Gasteiger partial charge on any atom is 0.285 e. The third-order valence-corrected chi connectivity index (χ3v) is 8.24. The summed E-state index contributed by atoms with van der Waals surface area (Å²) in [6, 6.07) is 11.7. The van der Waals surface area contributed by atoms with E-state index in [2.05, 4.69) is 20.5 Å². The first-order chi connectivity index (χ1) is 18.8. The smallest absolute Gasteiger partial charge is 0.285 e. The van der Waals surface area contributed by atoms with Gasteiger partial charge in [-0.05, 0) is 30.0 Å². The van der Waals surface area contributed by atoms with Gasteiger partial charge in [0.15, 0.2) is 9.84 Å². The first-order valence-electron chi connectivity index (χ1n) is 13.0. The predicted octanol–water partition coefficient (Wildman–Crippen LogP) is 2.16. The van der Waals surface area contributed by atoms with Crippen LogP contribution in [0.4, 0.5) is 0 Å². The number of benzene rings is 1. The quantitative estimate of drug-likeness (QED) is 0.312. The second kappa shape index (κ2) is 13.5. The van der Waals surface area contributed by atoms with Gasteiger partial charge in [0.25, 0.3) is 5.89 Å². The molecule has 1 aliphatic heterocycles. The molecule has 2 unspecified atom stereocenters. The molecule has 11 nitrogen and oxygen atoms in total. The SMILES string of the molecule is CCC(NCC(CC(=O)N1CCOCC1)CS(=O)(=O)Cc1ccccc1)C(=O)c1nnc(-c2ccncc2)o1. The molecule has 1 aliphatic rings. The van der Waals surface area contributed by atoms with Gasteiger partial charge in [0, 0.05) is 44.0 Å². The number of aromatic nitrogens is 3. The number of carbonyl (C=O) groups excluding carboxylic acids is 2. The van der Waals surface area contributed by atoms with Gasteiger partial charge in [-0.3, -0.25) is 14.6 Å². The van der Waals surface area contributed by atoms with E-state index in [0.717, 1.165) is 0 Å². The normalized spacial score (nSPS) is 15.6. The summed E-state index contributed by atoms with van der Waals surface area (Å²) in [5.74, 6) is -1.30. The molecule has 0 radical (unpaired) electrons. The van der Waals surface area contributed by atoms with Crippen molar-refractivity contribution in [3.8, 4) is 11.5 Å². The predicted molar refractivity (Wildman–Crippen MR) is 143 cm³/mol. The van der Waals surface area contributed by atoms with Gasteiger partial charge < -0.3 is 19.4 Å². The van der Waals surface area contributed by atoms with E-state index >= 15 is 0 Å². The summed E-state index contributed by atoms with van der Waals surface area (Å²) in [4.78, 5) is 31.8. The molecule has 0 aliphatic carbocycles. The molecule has 208 valence electrons. The molecule has 1 fully saturated rings. The van der Waals surface area contributed by atoms with Crippen LogP contribution in [-0.4, -0.2) is 84.8 Å². The van der Waals surface area contributed by atoms with Gasteiger partial charge in [0.2, 0.25) is 17.6 Å². The maximum absolute atomic E-state index is 13.2. The Morgan fingerprint density at radius 1 is 1.05 bits per heavy atom. The second-order valence-corrected chi connectivity index (χ2v) is 11.6. The van der Waals surface area contributed by atoms with Crippen LogP contribution in [0, 0.1) is 5.92 Å². The average Bonchev–Trinajstić information content (AvgIpc) is 3.45. The Labute approximate surface area is 227 Å². The van der Waals surface area contributed by atoms with Crippen LogP contribution in [0.2, 0.25) is 0 Å². The number of carbonyl (C=O) groups is 2. The van der Waals surface area contributed by atoms with Crippen molar-refractivity contribution in [2.45, 2.75) is 31.6 Å². The summed E-state index contributed by atoms with van der Waals surface area (Å²) in [5.41, 5.74) is 1.33. The van der Waals surface area contributed by atoms with Gasteiger partial charge in [-0.2, -0.15) is 0 Å². The van der Waals surface area contributed by atoms with E-state index in [1.807, 2.05) is 13.0 Å². The topological polar surface area (TPSA) is 145 Å². The highest BCUT2D eigenvalue weighted by Crippen LogP contribution is 2.19. The number of amides is 1. The maximum atomic E-state index is 13.2. The summed E-state index contributed by atoms with van der Waals surface area (Å²) in [5, 5.41) is 11.0. The van der Waals surface area contributed by atoms with Crippen molar-refractivity contribution in [3.63, 3.8) is 0 Å². The Kier molecular flexibility index (Phi) is 9.90. The van der Waals surface area contributed by atoms with Crippen molar-refractivity contribution in [1.29, 1.82) is 0 Å². The molecule has 1 amide bonds. The number of pyridine rings is 1. The molecule has 0 bridgehead atoms. The average molecular weight is 556 g/mol. The fraction of sp³-hybridized carbons (Fsp3) is 0.444. The van der Waals surface area contributed by atoms with Crippen LogP contribution < -0.4 is 5.32 Å². The minimum atomic E-state index is -3.53. The molecule has 1 aromatic carbocycles. The van der Waals surface area contributed by atoms with Crippen molar-refractivity contribution < 1.29 is 27.2 Å². The molecule has 1 N–H and O–H groups in total. The van der Waals surface area contributed by atoms with Crippen LogP contribution in [0.3, 0.4) is 0 Å². The Bertz CT molecular complexity index is 1330. The fourth-order valence-corrected chi connectivity index (χ4v) is 6.21. The number of morpholine rings is 1. The van der Waals surface area contributed by atoms with E-state index in [4.69, 9.17) is 9.15 Å². The highest BCUT2D eigenvalue weighted by atomic mass is 32.2. The molecule has 3 heterocycles. The van der Waals surface area contributed by atoms with E-state index in [9.17, 15) is 18.0 Å². The Balaban J connectivity index is 1.44. The number of hydrogen-bond acceptors (Lipinski definition) is 10. The minimum absolute atomic E-state index is 0.0401. The molecule has 0 saturated carbocycles. The number of nitrogens with zero attached hydrogens (tertiary/aromatic N) is 4. The number of nitrogens with one attached hydrogen (secondary N) is 1. The van der Waals surface area contributed by atoms with Crippen LogP contribution in [0.15, 0.2) is 59.3 Å². The highest BCUT2D eigenvalue weighted by Gasteiger charge is 2.29. The number of sulfone groups is 1. The Hall–Kier alpha value is -3.48. The summed E-state index contributed by atoms with van der Waals surface area (Å²) in [6.07, 6.45) is 3.62. The van der Waals surface area contributed by atoms with Crippen molar-refractivity contribution in [2.75, 3.05) is 38.6 Å². The molecule has 2 aromatic heterocycles. The summed E-state index contributed by atoms with van der Waals surface area (Å²) < 4.78 is 37.1. The fourth-order valence-electron chi connectivity index (χ4n) is 4.44. The minimum Gasteiger partial charge on any atom is -0.414 e. The van der Waals surface area contributed by atoms with Gasteiger partial charge in [-0.25, -0.2) is 8.42 Å². The Morgan fingerprint density at radius 3 is 2.46 bits per heavy atom. The van der Waals surface area contributed by atoms with Crippen LogP contribution in [0.5, 0.6) is 0 Å². The largest absolute Gasteiger partial charge is 0.414 e. The molecule has 2 atom stereocenters. The molecular weight excluding hydrogens is 522 g/mol. The van der Waals surface area contributed by atoms with Crippen molar-refractivity contribution in [1.82, 2.24) is 25.4 Å². The van der Waals surface area contributed by atoms with Crippen LogP contribution in [-0.2, 0) is 25.1 Å². The van der Waals surface area contributed by atoms with Crippen molar-refractivity contribution in [2.24, 2.45) is 5.92 Å². The molecule has 0 spiro atoms. The molecule has 3 aromatic rings. The van der Waals surface area contributed by atoms with E-state index in [1.54, 1.807) is 53.7 Å². The zero-order valence-corrected chi connectivity index (χ0v) is 22.7. The van der Waals surface area contributed by atoms with Crippen molar-refractivity contribution in [3.05, 3.63) is 66.3 Å². The van der Waals surface area contributed by atoms with E-state index in [1.165, 1.54) is 0 Å². The molecule has 1 saturated heterocycles. The van der Waals surface area contributed by atoms with Crippen LogP contribution >= 0.6 is 0 Å². The number of rotatable bonds is 13. The molecular formula is C27H33N5O6S. The second-order valence-electron chi connectivity index (χ2n) is 9.49. The summed E-state index contributed by atoms with van der Waals surface area (Å²) in [7, 11) is -3.53. The summed E-state index contributed by atoms with van der Waals surface area (Å²) >= 11 is 0. The van der Waals surface area contributed by atoms with E-state index < -0.39 is 27.6 Å². The third-order valence-electron chi connectivity index (χ3n) is 6.49. The standard InChI is InChI=1S/C27H33N5O6S/c1-2-23(25(34)27-31-30-26(38-27)22-8-10-28-11-9-22)29-17-21(16-24(33)32-12-14-37-15-13-32)19-39(35,36)18-20-6-4-3-5-7-20/h3-11,21,23,29H,2,12-19H2,1H3. The van der Waals surface area contributed by atoms with Gasteiger partial charge >= 0.3 is 0 Å². The number of ketones is 1. The van der Waals surface area contributed by atoms with Gasteiger partial charge in [-0.1, -0.05) is 37.3 Å². The van der Waals surface area contributed by atoms with Crippen LogP contribution in [0.25, 0.3) is 11.5 Å². The first-order valence-corrected chi connectivity index (χ1v) is 14.8. The summed E-state index contributed by atoms with van der Waals surface area (Å²) in [6.45, 7) is 3.85. The Morgan fingerprint density at radius 2 is 1.77 bits per heavy atom. The lowest BCUT2D eigenvalue weighted by Gasteiger charge is -2.29. The third kappa shape index (κ3) is 8.25. The highest BCUT2D eigenvalue weighted by molar-refractivity contribution is 7.90. The van der Waals surface area contributed by atoms with Gasteiger partial charge in [0.05, 0.1) is 30.8 Å². The van der Waals surface area contributed by atoms with Crippen LogP contribution in [0.1, 0.15) is 36.0 Å². The molecule has 4 rings (SSSR count). The molecule has 39 heavy (non-hydrogen) atoms. The number of hydrogen-bond donors (Lipinski definition) is 1. The lowest BCUT2D eigenvalue weighted by atomic mass is 10.0. The first kappa shape index (κ1) is 28.5. The number of ether oxygens (including phenoxy) is 1. The number of Topliss-reactive ketones (excluding diaryl/α,β-unsaturated/α-hetero) is 1. The monoisotopic (exact) mass is 555 g/mol. The zero-order valence-electron chi connectivity index (χ0n) is 21.9. The van der Waals surface area contributed by atoms with Gasteiger partial charge in [-0.15, -0.1) is 10.2 Å². The lowest BCUT2D eigenvalue weighted by molar-refractivity contribution is -0.136. The lowest BCUT2D eigenvalue weighted by Crippen LogP contribution is -2.44. The zero-order chi connectivity index (χ0) is 27.7. The van der Waals surface area contributed by atoms with Gasteiger partial charge in [0.1, 0.15) is 0 Å². The molecule has 12 heteroatoms. The van der Waals surface area contributed by atoms with E-state index in [-0.39, 0.29) is 42.2 Å². The van der Waals surface area contributed by atoms with Crippen molar-refractivity contribution >= 4 is 21.5 Å². The van der Waals surface area contributed by atoms with E-state index in [0.29, 0.717) is 43.9 Å².